The van der Waals surface area contributed by atoms with Gasteiger partial charge in [-0.25, -0.2) is 13.1 Å². The van der Waals surface area contributed by atoms with Gasteiger partial charge < -0.3 is 14.5 Å². The Kier molecular flexibility index (Phi) is 6.13. The summed E-state index contributed by atoms with van der Waals surface area (Å²) < 4.78 is 36.9. The molecule has 0 unspecified atom stereocenters. The van der Waals surface area contributed by atoms with Crippen LogP contribution in [0.15, 0.2) is 52.0 Å². The van der Waals surface area contributed by atoms with Crippen molar-refractivity contribution >= 4 is 15.9 Å². The maximum Gasteiger partial charge on any atom is 0.251 e. The molecule has 0 fully saturated rings. The molecule has 24 heavy (non-hydrogen) atoms. The molecule has 1 amide bonds. The molecule has 0 spiro atoms. The van der Waals surface area contributed by atoms with Gasteiger partial charge in [-0.15, -0.1) is 0 Å². The molecule has 8 heteroatoms. The highest BCUT2D eigenvalue weighted by atomic mass is 32.2. The molecule has 130 valence electrons. The van der Waals surface area contributed by atoms with Crippen molar-refractivity contribution in [3.63, 3.8) is 0 Å². The van der Waals surface area contributed by atoms with Crippen LogP contribution in [0.1, 0.15) is 23.0 Å². The summed E-state index contributed by atoms with van der Waals surface area (Å²) in [5.41, 5.74) is 0.366. The molecule has 2 rings (SSSR count). The lowest BCUT2D eigenvalue weighted by Crippen LogP contribution is -2.35. The van der Waals surface area contributed by atoms with E-state index in [9.17, 15) is 13.2 Å². The molecule has 0 radical (unpaired) electrons. The number of methoxy groups -OCH3 is 1. The Morgan fingerprint density at radius 2 is 1.96 bits per heavy atom. The van der Waals surface area contributed by atoms with E-state index >= 15 is 0 Å². The zero-order chi connectivity index (χ0) is 17.6. The number of sulfonamides is 1. The highest BCUT2D eigenvalue weighted by Crippen LogP contribution is 2.11. The summed E-state index contributed by atoms with van der Waals surface area (Å²) in [6.07, 6.45) is 1.53. The first-order chi connectivity index (χ1) is 11.4. The van der Waals surface area contributed by atoms with Gasteiger partial charge in [-0.2, -0.15) is 0 Å². The maximum atomic E-state index is 12.2. The number of hydrogen-bond acceptors (Lipinski definition) is 5. The number of hydrogen-bond donors (Lipinski definition) is 2. The lowest BCUT2D eigenvalue weighted by atomic mass is 10.2. The molecular formula is C16H20N2O5S. The molecule has 0 saturated carbocycles. The standard InChI is InChI=1S/C16H20N2O5S/c1-12(11-22-2)18-24(20,21)15-7-5-13(6-8-15)16(19)17-10-14-4-3-9-23-14/h3-9,12,18H,10-11H2,1-2H3,(H,17,19)/t12-/m1/s1. The van der Waals surface area contributed by atoms with Gasteiger partial charge in [0.2, 0.25) is 10.0 Å². The molecule has 0 aliphatic carbocycles. The van der Waals surface area contributed by atoms with E-state index in [4.69, 9.17) is 9.15 Å². The summed E-state index contributed by atoms with van der Waals surface area (Å²) in [7, 11) is -2.15. The molecule has 7 nitrogen and oxygen atoms in total. The molecule has 0 saturated heterocycles. The second kappa shape index (κ2) is 8.09. The van der Waals surface area contributed by atoms with Crippen LogP contribution < -0.4 is 10.0 Å². The second-order valence-electron chi connectivity index (χ2n) is 5.26. The second-order valence-corrected chi connectivity index (χ2v) is 6.98. The first-order valence-electron chi connectivity index (χ1n) is 7.34. The lowest BCUT2D eigenvalue weighted by molar-refractivity contribution is 0.0948. The third-order valence-corrected chi connectivity index (χ3v) is 4.81. The summed E-state index contributed by atoms with van der Waals surface area (Å²) in [4.78, 5) is 12.1. The normalized spacial score (nSPS) is 12.8. The van der Waals surface area contributed by atoms with Gasteiger partial charge >= 0.3 is 0 Å². The Morgan fingerprint density at radius 3 is 2.54 bits per heavy atom. The van der Waals surface area contributed by atoms with Crippen LogP contribution in [-0.4, -0.2) is 34.1 Å². The molecule has 0 bridgehead atoms. The van der Waals surface area contributed by atoms with E-state index in [0.29, 0.717) is 11.3 Å². The van der Waals surface area contributed by atoms with Gasteiger partial charge in [0.15, 0.2) is 0 Å². The first kappa shape index (κ1) is 18.2. The molecule has 2 aromatic rings. The van der Waals surface area contributed by atoms with E-state index in [1.165, 1.54) is 37.6 Å². The number of ether oxygens (including phenoxy) is 1. The Morgan fingerprint density at radius 1 is 1.25 bits per heavy atom. The minimum Gasteiger partial charge on any atom is -0.467 e. The quantitative estimate of drug-likeness (QED) is 0.751. The molecule has 2 N–H and O–H groups in total. The first-order valence-corrected chi connectivity index (χ1v) is 8.82. The number of benzene rings is 1. The minimum absolute atomic E-state index is 0.0908. The van der Waals surface area contributed by atoms with Gasteiger partial charge in [-0.05, 0) is 43.3 Å². The number of carbonyl (C=O) groups excluding carboxylic acids is 1. The van der Waals surface area contributed by atoms with Gasteiger partial charge in [0.05, 0.1) is 24.3 Å². The number of carbonyl (C=O) groups is 1. The third-order valence-electron chi connectivity index (χ3n) is 3.20. The van der Waals surface area contributed by atoms with E-state index in [1.54, 1.807) is 19.1 Å². The largest absolute Gasteiger partial charge is 0.467 e. The highest BCUT2D eigenvalue weighted by Gasteiger charge is 2.17. The summed E-state index contributed by atoms with van der Waals surface area (Å²) >= 11 is 0. The van der Waals surface area contributed by atoms with Gasteiger partial charge in [-0.3, -0.25) is 4.79 Å². The van der Waals surface area contributed by atoms with E-state index in [1.807, 2.05) is 0 Å². The van der Waals surface area contributed by atoms with Crippen molar-refractivity contribution in [2.24, 2.45) is 0 Å². The lowest BCUT2D eigenvalue weighted by Gasteiger charge is -2.13. The Balaban J connectivity index is 2.00. The molecular weight excluding hydrogens is 332 g/mol. The van der Waals surface area contributed by atoms with Crippen molar-refractivity contribution in [3.8, 4) is 0 Å². The van der Waals surface area contributed by atoms with E-state index < -0.39 is 10.0 Å². The fourth-order valence-corrected chi connectivity index (χ4v) is 3.31. The van der Waals surface area contributed by atoms with Crippen molar-refractivity contribution in [1.29, 1.82) is 0 Å². The number of nitrogens with one attached hydrogen (secondary N) is 2. The van der Waals surface area contributed by atoms with Crippen LogP contribution >= 0.6 is 0 Å². The number of amides is 1. The van der Waals surface area contributed by atoms with Crippen LogP contribution in [0.4, 0.5) is 0 Å². The van der Waals surface area contributed by atoms with Crippen LogP contribution in [-0.2, 0) is 21.3 Å². The summed E-state index contributed by atoms with van der Waals surface area (Å²) in [5.74, 6) is 0.329. The average Bonchev–Trinajstić information content (AvgIpc) is 3.06. The molecule has 1 atom stereocenters. The Labute approximate surface area is 141 Å². The van der Waals surface area contributed by atoms with Gasteiger partial charge in [0.25, 0.3) is 5.91 Å². The SMILES string of the molecule is COC[C@@H](C)NS(=O)(=O)c1ccc(C(=O)NCc2ccco2)cc1. The molecule has 0 aliphatic rings. The van der Waals surface area contributed by atoms with Gasteiger partial charge in [-0.1, -0.05) is 0 Å². The Hall–Kier alpha value is -2.16. The topological polar surface area (TPSA) is 97.6 Å². The fourth-order valence-electron chi connectivity index (χ4n) is 2.09. The molecule has 1 aromatic carbocycles. The summed E-state index contributed by atoms with van der Waals surface area (Å²) in [6, 6.07) is 8.85. The van der Waals surface area contributed by atoms with Crippen molar-refractivity contribution in [1.82, 2.24) is 10.0 Å². The maximum absolute atomic E-state index is 12.2. The van der Waals surface area contributed by atoms with Crippen LogP contribution in [0.3, 0.4) is 0 Å². The highest BCUT2D eigenvalue weighted by molar-refractivity contribution is 7.89. The van der Waals surface area contributed by atoms with Crippen molar-refractivity contribution in [3.05, 3.63) is 54.0 Å². The summed E-state index contributed by atoms with van der Waals surface area (Å²) in [6.45, 7) is 2.24. The number of furan rings is 1. The van der Waals surface area contributed by atoms with Crippen molar-refractivity contribution < 1.29 is 22.4 Å². The van der Waals surface area contributed by atoms with Crippen molar-refractivity contribution in [2.75, 3.05) is 13.7 Å². The molecule has 1 heterocycles. The predicted octanol–water partition coefficient (Wildman–Crippen LogP) is 1.52. The summed E-state index contributed by atoms with van der Waals surface area (Å²) in [5, 5.41) is 2.69. The Bertz CT molecular complexity index is 754. The zero-order valence-corrected chi connectivity index (χ0v) is 14.3. The van der Waals surface area contributed by atoms with Crippen LogP contribution in [0.25, 0.3) is 0 Å². The van der Waals surface area contributed by atoms with E-state index in [2.05, 4.69) is 10.0 Å². The van der Waals surface area contributed by atoms with Crippen molar-refractivity contribution in [2.45, 2.75) is 24.4 Å². The van der Waals surface area contributed by atoms with Crippen LogP contribution in [0.5, 0.6) is 0 Å². The van der Waals surface area contributed by atoms with Crippen LogP contribution in [0.2, 0.25) is 0 Å². The van der Waals surface area contributed by atoms with E-state index in [0.717, 1.165) is 0 Å². The monoisotopic (exact) mass is 352 g/mol. The van der Waals surface area contributed by atoms with Gasteiger partial charge in [0.1, 0.15) is 5.76 Å². The van der Waals surface area contributed by atoms with E-state index in [-0.39, 0.29) is 30.0 Å². The van der Waals surface area contributed by atoms with Gasteiger partial charge in [0, 0.05) is 18.7 Å². The average molecular weight is 352 g/mol. The fraction of sp³-hybridized carbons (Fsp3) is 0.312. The third kappa shape index (κ3) is 4.92. The zero-order valence-electron chi connectivity index (χ0n) is 13.5. The smallest absolute Gasteiger partial charge is 0.251 e. The number of rotatable bonds is 8. The molecule has 1 aromatic heterocycles. The van der Waals surface area contributed by atoms with Crippen LogP contribution in [0, 0.1) is 0 Å². The minimum atomic E-state index is -3.65. The molecule has 0 aliphatic heterocycles. The predicted molar refractivity (Wildman–Crippen MR) is 88.0 cm³/mol.